The molecule has 8 heteroatoms. The fourth-order valence-electron chi connectivity index (χ4n) is 2.97. The van der Waals surface area contributed by atoms with E-state index in [0.717, 1.165) is 48.7 Å². The first-order valence-electron chi connectivity index (χ1n) is 7.46. The normalized spacial score (nSPS) is 15.4. The number of anilines is 2. The molecule has 0 saturated carbocycles. The second-order valence-corrected chi connectivity index (χ2v) is 5.90. The number of nitrogens with zero attached hydrogens (tertiary/aromatic N) is 7. The highest BCUT2D eigenvalue weighted by molar-refractivity contribution is 6.29. The molecule has 0 spiro atoms. The maximum absolute atomic E-state index is 5.98. The van der Waals surface area contributed by atoms with Gasteiger partial charge < -0.3 is 9.80 Å². The number of piperazine rings is 1. The molecule has 4 heterocycles. The van der Waals surface area contributed by atoms with Crippen LogP contribution in [0.4, 0.5) is 11.5 Å². The maximum atomic E-state index is 5.98. The number of aryl methyl sites for hydroxylation is 1. The summed E-state index contributed by atoms with van der Waals surface area (Å²) in [5.74, 6) is 0.954. The molecule has 4 rings (SSSR count). The lowest BCUT2D eigenvalue weighted by Crippen LogP contribution is -2.46. The molecular weight excluding hydrogens is 314 g/mol. The molecule has 0 N–H and O–H groups in total. The lowest BCUT2D eigenvalue weighted by atomic mass is 10.2. The Hall–Kier alpha value is -2.41. The molecule has 0 aliphatic carbocycles. The van der Waals surface area contributed by atoms with E-state index in [0.29, 0.717) is 5.15 Å². The van der Waals surface area contributed by atoms with Crippen molar-refractivity contribution in [3.05, 3.63) is 36.0 Å². The van der Waals surface area contributed by atoms with E-state index in [-0.39, 0.29) is 0 Å². The van der Waals surface area contributed by atoms with Crippen LogP contribution in [0.5, 0.6) is 0 Å². The predicted molar refractivity (Wildman–Crippen MR) is 90.0 cm³/mol. The van der Waals surface area contributed by atoms with Gasteiger partial charge in [0.1, 0.15) is 17.3 Å². The number of pyridine rings is 1. The minimum absolute atomic E-state index is 0.526. The van der Waals surface area contributed by atoms with Crippen LogP contribution >= 0.6 is 11.6 Å². The Morgan fingerprint density at radius 3 is 2.61 bits per heavy atom. The highest BCUT2D eigenvalue weighted by Gasteiger charge is 2.21. The first-order chi connectivity index (χ1) is 11.2. The van der Waals surface area contributed by atoms with Crippen molar-refractivity contribution in [3.8, 4) is 0 Å². The van der Waals surface area contributed by atoms with Crippen molar-refractivity contribution in [3.63, 3.8) is 0 Å². The van der Waals surface area contributed by atoms with Crippen LogP contribution in [0.3, 0.4) is 0 Å². The largest absolute Gasteiger partial charge is 0.368 e. The van der Waals surface area contributed by atoms with Crippen LogP contribution in [0.2, 0.25) is 5.15 Å². The van der Waals surface area contributed by atoms with Gasteiger partial charge in [-0.3, -0.25) is 4.68 Å². The number of hydrogen-bond donors (Lipinski definition) is 0. The summed E-state index contributed by atoms with van der Waals surface area (Å²) in [5, 5.41) is 5.80. The van der Waals surface area contributed by atoms with Crippen LogP contribution in [0, 0.1) is 0 Å². The van der Waals surface area contributed by atoms with Crippen LogP contribution in [-0.2, 0) is 7.05 Å². The van der Waals surface area contributed by atoms with E-state index < -0.39 is 0 Å². The van der Waals surface area contributed by atoms with Crippen molar-refractivity contribution >= 4 is 34.1 Å². The van der Waals surface area contributed by atoms with Gasteiger partial charge >= 0.3 is 0 Å². The topological polar surface area (TPSA) is 63.0 Å². The molecule has 0 unspecified atom stereocenters. The van der Waals surface area contributed by atoms with Crippen LogP contribution in [0.1, 0.15) is 0 Å². The molecule has 1 fully saturated rings. The molecule has 0 aromatic carbocycles. The smallest absolute Gasteiger partial charge is 0.163 e. The van der Waals surface area contributed by atoms with Crippen LogP contribution < -0.4 is 9.80 Å². The third-order valence-electron chi connectivity index (χ3n) is 4.16. The van der Waals surface area contributed by atoms with Gasteiger partial charge in [0.05, 0.1) is 11.6 Å². The summed E-state index contributed by atoms with van der Waals surface area (Å²) in [7, 11) is 1.89. The molecular formula is C15H16ClN7. The Balaban J connectivity index is 1.55. The third-order valence-corrected chi connectivity index (χ3v) is 4.37. The zero-order chi connectivity index (χ0) is 15.8. The molecule has 0 atom stereocenters. The summed E-state index contributed by atoms with van der Waals surface area (Å²) in [4.78, 5) is 17.4. The molecule has 118 valence electrons. The predicted octanol–water partition coefficient (Wildman–Crippen LogP) is 1.74. The fraction of sp³-hybridized carbons (Fsp3) is 0.333. The lowest BCUT2D eigenvalue weighted by molar-refractivity contribution is 0.648. The van der Waals surface area contributed by atoms with E-state index in [4.69, 9.17) is 11.6 Å². The lowest BCUT2D eigenvalue weighted by Gasteiger charge is -2.36. The molecule has 0 radical (unpaired) electrons. The first-order valence-corrected chi connectivity index (χ1v) is 7.84. The molecule has 3 aromatic heterocycles. The Morgan fingerprint density at radius 1 is 1.04 bits per heavy atom. The van der Waals surface area contributed by atoms with Crippen LogP contribution in [0.25, 0.3) is 11.0 Å². The van der Waals surface area contributed by atoms with E-state index in [2.05, 4.69) is 29.9 Å². The summed E-state index contributed by atoms with van der Waals surface area (Å²) in [6, 6.07) is 3.90. The molecule has 0 bridgehead atoms. The van der Waals surface area contributed by atoms with E-state index in [1.54, 1.807) is 17.2 Å². The maximum Gasteiger partial charge on any atom is 0.163 e. The highest BCUT2D eigenvalue weighted by atomic mass is 35.5. The number of halogens is 1. The molecule has 23 heavy (non-hydrogen) atoms. The minimum atomic E-state index is 0.526. The summed E-state index contributed by atoms with van der Waals surface area (Å²) < 4.78 is 1.77. The monoisotopic (exact) mass is 329 g/mol. The van der Waals surface area contributed by atoms with Crippen molar-refractivity contribution in [2.45, 2.75) is 0 Å². The van der Waals surface area contributed by atoms with E-state index in [1.807, 2.05) is 25.4 Å². The summed E-state index contributed by atoms with van der Waals surface area (Å²) in [6.45, 7) is 3.60. The average molecular weight is 330 g/mol. The van der Waals surface area contributed by atoms with Gasteiger partial charge in [-0.2, -0.15) is 5.10 Å². The van der Waals surface area contributed by atoms with Gasteiger partial charge in [-0.25, -0.2) is 15.0 Å². The van der Waals surface area contributed by atoms with Crippen molar-refractivity contribution in [1.82, 2.24) is 24.7 Å². The summed E-state index contributed by atoms with van der Waals surface area (Å²) in [6.07, 6.45) is 5.18. The third kappa shape index (κ3) is 2.57. The summed E-state index contributed by atoms with van der Waals surface area (Å²) in [5.41, 5.74) is 1.97. The quantitative estimate of drug-likeness (QED) is 0.667. The van der Waals surface area contributed by atoms with E-state index in [9.17, 15) is 0 Å². The number of fused-ring (bicyclic) bond motifs is 1. The van der Waals surface area contributed by atoms with Crippen molar-refractivity contribution in [2.24, 2.45) is 7.05 Å². The number of rotatable bonds is 2. The van der Waals surface area contributed by atoms with Crippen molar-refractivity contribution in [2.75, 3.05) is 36.0 Å². The van der Waals surface area contributed by atoms with Crippen LogP contribution in [0.15, 0.2) is 30.9 Å². The number of aromatic nitrogens is 5. The Bertz CT molecular complexity index is 839. The molecule has 1 saturated heterocycles. The van der Waals surface area contributed by atoms with Gasteiger partial charge in [-0.1, -0.05) is 11.6 Å². The Labute approximate surface area is 138 Å². The molecule has 1 aliphatic heterocycles. The Morgan fingerprint density at radius 2 is 1.83 bits per heavy atom. The van der Waals surface area contributed by atoms with Gasteiger partial charge in [0.25, 0.3) is 0 Å². The minimum Gasteiger partial charge on any atom is -0.368 e. The second kappa shape index (κ2) is 5.66. The van der Waals surface area contributed by atoms with Gasteiger partial charge in [0, 0.05) is 45.1 Å². The standard InChI is InChI=1S/C15H16ClN7/c1-21-14-12(9-20-21)15(19-10-18-14)23-6-4-22(5-7-23)11-2-3-17-13(16)8-11/h2-3,8-10H,4-7H2,1H3. The van der Waals surface area contributed by atoms with Crippen molar-refractivity contribution < 1.29 is 0 Å². The molecule has 1 aliphatic rings. The average Bonchev–Trinajstić information content (AvgIpc) is 2.97. The van der Waals surface area contributed by atoms with Gasteiger partial charge in [-0.05, 0) is 12.1 Å². The molecule has 7 nitrogen and oxygen atoms in total. The SMILES string of the molecule is Cn1ncc2c(N3CCN(c4ccnc(Cl)c4)CC3)ncnc21. The first kappa shape index (κ1) is 14.2. The zero-order valence-corrected chi connectivity index (χ0v) is 13.5. The van der Waals surface area contributed by atoms with Gasteiger partial charge in [0.2, 0.25) is 0 Å². The van der Waals surface area contributed by atoms with Gasteiger partial charge in [-0.15, -0.1) is 0 Å². The van der Waals surface area contributed by atoms with E-state index in [1.165, 1.54) is 0 Å². The summed E-state index contributed by atoms with van der Waals surface area (Å²) >= 11 is 5.98. The second-order valence-electron chi connectivity index (χ2n) is 5.51. The van der Waals surface area contributed by atoms with E-state index >= 15 is 0 Å². The highest BCUT2D eigenvalue weighted by Crippen LogP contribution is 2.25. The zero-order valence-electron chi connectivity index (χ0n) is 12.7. The molecule has 0 amide bonds. The fourth-order valence-corrected chi connectivity index (χ4v) is 3.14. The molecule has 3 aromatic rings. The number of hydrogen-bond acceptors (Lipinski definition) is 6. The van der Waals surface area contributed by atoms with Crippen LogP contribution in [-0.4, -0.2) is 50.9 Å². The Kier molecular flexibility index (Phi) is 3.49. The van der Waals surface area contributed by atoms with Crippen molar-refractivity contribution in [1.29, 1.82) is 0 Å². The van der Waals surface area contributed by atoms with Gasteiger partial charge in [0.15, 0.2) is 5.65 Å².